The Morgan fingerprint density at radius 3 is 2.27 bits per heavy atom. The Morgan fingerprint density at radius 2 is 1.45 bits per heavy atom. The van der Waals surface area contributed by atoms with Gasteiger partial charge in [-0.15, -0.1) is 0 Å². The monoisotopic (exact) mass is 448 g/mol. The maximum atomic E-state index is 11.9. The average Bonchev–Trinajstić information content (AvgIpc) is 2.84. The van der Waals surface area contributed by atoms with E-state index in [1.807, 2.05) is 66.7 Å². The summed E-state index contributed by atoms with van der Waals surface area (Å²) in [6.45, 7) is 0.126. The predicted octanol–water partition coefficient (Wildman–Crippen LogP) is 3.71. The largest absolute Gasteiger partial charge is 0.484 e. The van der Waals surface area contributed by atoms with Gasteiger partial charge in [-0.05, 0) is 47.7 Å². The molecule has 0 spiro atoms. The Hall–Kier alpha value is -3.87. The van der Waals surface area contributed by atoms with E-state index in [9.17, 15) is 14.4 Å². The van der Waals surface area contributed by atoms with Crippen molar-refractivity contribution in [1.29, 1.82) is 0 Å². The molecule has 0 aliphatic carbocycles. The number of nitrogens with one attached hydrogen (secondary N) is 2. The second-order valence-electron chi connectivity index (χ2n) is 7.56. The Bertz CT molecular complexity index is 1070. The normalized spacial score (nSPS) is 10.4. The van der Waals surface area contributed by atoms with Crippen molar-refractivity contribution < 1.29 is 23.9 Å². The van der Waals surface area contributed by atoms with E-state index in [2.05, 4.69) is 10.9 Å². The Labute approximate surface area is 193 Å². The molecule has 3 aromatic carbocycles. The van der Waals surface area contributed by atoms with Crippen molar-refractivity contribution in [1.82, 2.24) is 10.9 Å². The second kappa shape index (κ2) is 12.9. The Kier molecular flexibility index (Phi) is 9.27. The van der Waals surface area contributed by atoms with Crippen molar-refractivity contribution in [2.75, 3.05) is 13.2 Å². The third kappa shape index (κ3) is 8.65. The summed E-state index contributed by atoms with van der Waals surface area (Å²) < 4.78 is 10.7. The lowest BCUT2D eigenvalue weighted by atomic mass is 10.1. The van der Waals surface area contributed by atoms with Crippen LogP contribution in [0.3, 0.4) is 0 Å². The fourth-order valence-electron chi connectivity index (χ4n) is 3.22. The van der Waals surface area contributed by atoms with Crippen LogP contribution in [0, 0.1) is 0 Å². The minimum absolute atomic E-state index is 0.102. The first-order chi connectivity index (χ1) is 16.1. The molecule has 0 aliphatic rings. The number of amides is 2. The van der Waals surface area contributed by atoms with Crippen molar-refractivity contribution in [2.45, 2.75) is 32.1 Å². The molecule has 0 saturated carbocycles. The van der Waals surface area contributed by atoms with Crippen molar-refractivity contribution in [3.8, 4) is 5.75 Å². The first-order valence-corrected chi connectivity index (χ1v) is 11.0. The molecule has 0 bridgehead atoms. The van der Waals surface area contributed by atoms with Gasteiger partial charge in [0.1, 0.15) is 5.75 Å². The highest BCUT2D eigenvalue weighted by atomic mass is 16.5. The van der Waals surface area contributed by atoms with Crippen LogP contribution in [-0.4, -0.2) is 31.0 Å². The predicted molar refractivity (Wildman–Crippen MR) is 125 cm³/mol. The average molecular weight is 449 g/mol. The van der Waals surface area contributed by atoms with Gasteiger partial charge < -0.3 is 9.47 Å². The first kappa shape index (κ1) is 23.8. The van der Waals surface area contributed by atoms with Gasteiger partial charge in [0.05, 0.1) is 6.61 Å². The van der Waals surface area contributed by atoms with Gasteiger partial charge in [0.2, 0.25) is 5.91 Å². The van der Waals surface area contributed by atoms with E-state index < -0.39 is 5.91 Å². The molecular formula is C26H28N2O5. The summed E-state index contributed by atoms with van der Waals surface area (Å²) in [7, 11) is 0. The zero-order valence-corrected chi connectivity index (χ0v) is 18.4. The molecule has 2 amide bonds. The summed E-state index contributed by atoms with van der Waals surface area (Å²) >= 11 is 0. The Morgan fingerprint density at radius 1 is 0.727 bits per heavy atom. The van der Waals surface area contributed by atoms with Crippen molar-refractivity contribution in [2.24, 2.45) is 0 Å². The van der Waals surface area contributed by atoms with E-state index in [-0.39, 0.29) is 31.3 Å². The van der Waals surface area contributed by atoms with Crippen LogP contribution in [0.2, 0.25) is 0 Å². The lowest BCUT2D eigenvalue weighted by Gasteiger charge is -2.09. The minimum atomic E-state index is -0.477. The van der Waals surface area contributed by atoms with Gasteiger partial charge in [-0.1, -0.05) is 60.7 Å². The number of rotatable bonds is 11. The third-order valence-electron chi connectivity index (χ3n) is 4.93. The molecule has 7 nitrogen and oxygen atoms in total. The van der Waals surface area contributed by atoms with E-state index >= 15 is 0 Å². The fraction of sp³-hybridized carbons (Fsp3) is 0.269. The smallest absolute Gasteiger partial charge is 0.305 e. The van der Waals surface area contributed by atoms with Crippen molar-refractivity contribution in [3.05, 3.63) is 78.4 Å². The van der Waals surface area contributed by atoms with E-state index in [4.69, 9.17) is 9.47 Å². The maximum Gasteiger partial charge on any atom is 0.305 e. The van der Waals surface area contributed by atoms with Gasteiger partial charge in [-0.3, -0.25) is 25.2 Å². The van der Waals surface area contributed by atoms with Crippen LogP contribution in [0.15, 0.2) is 72.8 Å². The lowest BCUT2D eigenvalue weighted by Crippen LogP contribution is -2.43. The van der Waals surface area contributed by atoms with Crippen molar-refractivity contribution in [3.63, 3.8) is 0 Å². The van der Waals surface area contributed by atoms with Crippen LogP contribution >= 0.6 is 0 Å². The standard InChI is InChI=1S/C26H28N2O5/c29-24(13-6-14-26(31)32-17-7-10-20-8-2-1-3-9-20)27-28-25(30)19-33-23-16-15-21-11-4-5-12-22(21)18-23/h1-5,8-9,11-12,15-16,18H,6-7,10,13-14,17,19H2,(H,27,29)(H,28,30). The van der Waals surface area contributed by atoms with Gasteiger partial charge >= 0.3 is 5.97 Å². The number of esters is 1. The number of benzene rings is 3. The zero-order valence-electron chi connectivity index (χ0n) is 18.4. The molecule has 3 rings (SSSR count). The van der Waals surface area contributed by atoms with E-state index in [1.54, 1.807) is 6.07 Å². The van der Waals surface area contributed by atoms with Gasteiger partial charge in [-0.2, -0.15) is 0 Å². The van der Waals surface area contributed by atoms with E-state index in [0.717, 1.165) is 23.6 Å². The highest BCUT2D eigenvalue weighted by Crippen LogP contribution is 2.20. The molecule has 0 radical (unpaired) electrons. The van der Waals surface area contributed by atoms with Crippen LogP contribution in [0.1, 0.15) is 31.2 Å². The minimum Gasteiger partial charge on any atom is -0.484 e. The highest BCUT2D eigenvalue weighted by molar-refractivity contribution is 5.84. The number of aryl methyl sites for hydroxylation is 1. The number of hydrazine groups is 1. The van der Waals surface area contributed by atoms with E-state index in [0.29, 0.717) is 18.8 Å². The van der Waals surface area contributed by atoms with Crippen LogP contribution in [0.25, 0.3) is 10.8 Å². The summed E-state index contributed by atoms with van der Waals surface area (Å²) in [5.41, 5.74) is 5.83. The second-order valence-corrected chi connectivity index (χ2v) is 7.56. The summed E-state index contributed by atoms with van der Waals surface area (Å²) in [5.74, 6) is -0.624. The summed E-state index contributed by atoms with van der Waals surface area (Å²) in [6.07, 6.45) is 2.19. The maximum absolute atomic E-state index is 11.9. The number of ether oxygens (including phenoxy) is 2. The molecule has 7 heteroatoms. The molecule has 3 aromatic rings. The molecule has 0 unspecified atom stereocenters. The molecular weight excluding hydrogens is 420 g/mol. The first-order valence-electron chi connectivity index (χ1n) is 11.0. The number of fused-ring (bicyclic) bond motifs is 1. The molecule has 0 heterocycles. The van der Waals surface area contributed by atoms with Crippen LogP contribution in [-0.2, 0) is 25.5 Å². The number of hydrogen-bond acceptors (Lipinski definition) is 5. The van der Waals surface area contributed by atoms with Crippen molar-refractivity contribution >= 4 is 28.6 Å². The topological polar surface area (TPSA) is 93.7 Å². The number of hydrogen-bond donors (Lipinski definition) is 2. The zero-order chi connectivity index (χ0) is 23.3. The van der Waals surface area contributed by atoms with Gasteiger partial charge in [0.15, 0.2) is 6.61 Å². The molecule has 0 aliphatic heterocycles. The molecule has 0 atom stereocenters. The van der Waals surface area contributed by atoms with Crippen LogP contribution in [0.4, 0.5) is 0 Å². The van der Waals surface area contributed by atoms with Crippen LogP contribution in [0.5, 0.6) is 5.75 Å². The highest BCUT2D eigenvalue weighted by Gasteiger charge is 2.08. The summed E-state index contributed by atoms with van der Waals surface area (Å²) in [4.78, 5) is 35.5. The summed E-state index contributed by atoms with van der Waals surface area (Å²) in [6, 6.07) is 23.4. The molecule has 33 heavy (non-hydrogen) atoms. The van der Waals surface area contributed by atoms with Crippen LogP contribution < -0.4 is 15.6 Å². The number of carbonyl (C=O) groups is 3. The quantitative estimate of drug-likeness (QED) is 0.265. The lowest BCUT2D eigenvalue weighted by molar-refractivity contribution is -0.144. The molecule has 2 N–H and O–H groups in total. The molecule has 172 valence electrons. The summed E-state index contributed by atoms with van der Waals surface area (Å²) in [5, 5.41) is 2.09. The van der Waals surface area contributed by atoms with Gasteiger partial charge in [0.25, 0.3) is 5.91 Å². The molecule has 0 fully saturated rings. The Balaban J connectivity index is 1.23. The third-order valence-corrected chi connectivity index (χ3v) is 4.93. The number of carbonyl (C=O) groups excluding carboxylic acids is 3. The van der Waals surface area contributed by atoms with Gasteiger partial charge in [0, 0.05) is 12.8 Å². The van der Waals surface area contributed by atoms with Gasteiger partial charge in [-0.25, -0.2) is 0 Å². The fourth-order valence-corrected chi connectivity index (χ4v) is 3.22. The molecule has 0 aromatic heterocycles. The SMILES string of the molecule is O=C(CCCC(=O)OCCCc1ccccc1)NNC(=O)COc1ccc2ccccc2c1. The molecule has 0 saturated heterocycles. The van der Waals surface area contributed by atoms with E-state index in [1.165, 1.54) is 5.56 Å².